The van der Waals surface area contributed by atoms with E-state index in [4.69, 9.17) is 4.98 Å². The van der Waals surface area contributed by atoms with Gasteiger partial charge in [0.1, 0.15) is 0 Å². The van der Waals surface area contributed by atoms with Gasteiger partial charge in [-0.2, -0.15) is 0 Å². The first-order valence-electron chi connectivity index (χ1n) is 7.48. The Morgan fingerprint density at radius 2 is 2.05 bits per heavy atom. The molecule has 0 radical (unpaired) electrons. The Morgan fingerprint density at radius 3 is 2.77 bits per heavy atom. The number of hydrogen-bond donors (Lipinski definition) is 1. The van der Waals surface area contributed by atoms with E-state index in [-0.39, 0.29) is 5.91 Å². The molecule has 1 N–H and O–H groups in total. The topological polar surface area (TPSA) is 42.0 Å². The van der Waals surface area contributed by atoms with Crippen LogP contribution in [0.3, 0.4) is 0 Å². The highest BCUT2D eigenvalue weighted by Crippen LogP contribution is 2.30. The summed E-state index contributed by atoms with van der Waals surface area (Å²) in [4.78, 5) is 19.6. The average Bonchev–Trinajstić information content (AvgIpc) is 3.24. The third kappa shape index (κ3) is 2.50. The zero-order valence-electron chi connectivity index (χ0n) is 12.3. The molecule has 0 bridgehead atoms. The molecule has 4 heteroatoms. The van der Waals surface area contributed by atoms with Gasteiger partial charge in [-0.15, -0.1) is 11.3 Å². The number of carbonyl (C=O) groups excluding carboxylic acids is 1. The van der Waals surface area contributed by atoms with Crippen molar-refractivity contribution in [3.63, 3.8) is 0 Å². The molecule has 0 aliphatic heterocycles. The molecule has 22 heavy (non-hydrogen) atoms. The van der Waals surface area contributed by atoms with Crippen LogP contribution < -0.4 is 5.32 Å². The van der Waals surface area contributed by atoms with Gasteiger partial charge in [0.25, 0.3) is 5.91 Å². The first-order chi connectivity index (χ1) is 10.7. The number of nitrogens with one attached hydrogen (secondary N) is 1. The fourth-order valence-corrected chi connectivity index (χ4v) is 3.38. The molecule has 0 atom stereocenters. The number of thiophene rings is 1. The molecule has 2 aromatic heterocycles. The molecule has 1 amide bonds. The van der Waals surface area contributed by atoms with E-state index in [0.29, 0.717) is 6.04 Å². The summed E-state index contributed by atoms with van der Waals surface area (Å²) in [7, 11) is 0. The fourth-order valence-electron chi connectivity index (χ4n) is 2.55. The van der Waals surface area contributed by atoms with Crippen molar-refractivity contribution in [2.24, 2.45) is 0 Å². The SMILES string of the molecule is Cc1ccc(-c2cc(C(=O)NC3CC3)c3ccccc3n2)s1. The van der Waals surface area contributed by atoms with Gasteiger partial charge in [-0.3, -0.25) is 4.79 Å². The number of pyridine rings is 1. The first-order valence-corrected chi connectivity index (χ1v) is 8.30. The van der Waals surface area contributed by atoms with Crippen LogP contribution in [0.4, 0.5) is 0 Å². The van der Waals surface area contributed by atoms with E-state index in [2.05, 4.69) is 24.4 Å². The fraction of sp³-hybridized carbons (Fsp3) is 0.222. The predicted octanol–water partition coefficient (Wildman–Crippen LogP) is 4.16. The predicted molar refractivity (Wildman–Crippen MR) is 90.3 cm³/mol. The standard InChI is InChI=1S/C18H16N2OS/c1-11-6-9-17(22-11)16-10-14(18(21)19-12-7-8-12)13-4-2-3-5-15(13)20-16/h2-6,9-10,12H,7-8H2,1H3,(H,19,21). The molecule has 1 aliphatic carbocycles. The van der Waals surface area contributed by atoms with E-state index in [1.165, 1.54) is 4.88 Å². The van der Waals surface area contributed by atoms with Crippen LogP contribution in [0.5, 0.6) is 0 Å². The Morgan fingerprint density at radius 1 is 1.23 bits per heavy atom. The Balaban J connectivity index is 1.86. The second-order valence-electron chi connectivity index (χ2n) is 5.73. The average molecular weight is 308 g/mol. The van der Waals surface area contributed by atoms with E-state index < -0.39 is 0 Å². The quantitative estimate of drug-likeness (QED) is 0.789. The lowest BCUT2D eigenvalue weighted by Crippen LogP contribution is -2.25. The molecule has 1 aliphatic rings. The van der Waals surface area contributed by atoms with Crippen LogP contribution >= 0.6 is 11.3 Å². The van der Waals surface area contributed by atoms with E-state index in [1.54, 1.807) is 11.3 Å². The molecular weight excluding hydrogens is 292 g/mol. The lowest BCUT2D eigenvalue weighted by atomic mass is 10.1. The maximum atomic E-state index is 12.6. The minimum Gasteiger partial charge on any atom is -0.349 e. The third-order valence-corrected chi connectivity index (χ3v) is 4.89. The maximum absolute atomic E-state index is 12.6. The molecule has 3 nitrogen and oxygen atoms in total. The van der Waals surface area contributed by atoms with Crippen molar-refractivity contribution in [3.05, 3.63) is 52.9 Å². The number of rotatable bonds is 3. The summed E-state index contributed by atoms with van der Waals surface area (Å²) in [6, 6.07) is 14.3. The number of aromatic nitrogens is 1. The summed E-state index contributed by atoms with van der Waals surface area (Å²) in [5, 5.41) is 4.00. The van der Waals surface area contributed by atoms with Gasteiger partial charge in [0.2, 0.25) is 0 Å². The molecule has 4 rings (SSSR count). The zero-order valence-corrected chi connectivity index (χ0v) is 13.1. The number of hydrogen-bond acceptors (Lipinski definition) is 3. The van der Waals surface area contributed by atoms with Gasteiger partial charge >= 0.3 is 0 Å². The van der Waals surface area contributed by atoms with E-state index in [9.17, 15) is 4.79 Å². The number of benzene rings is 1. The van der Waals surface area contributed by atoms with Crippen molar-refractivity contribution in [1.82, 2.24) is 10.3 Å². The third-order valence-electron chi connectivity index (χ3n) is 3.87. The van der Waals surface area contributed by atoms with E-state index >= 15 is 0 Å². The normalized spacial score (nSPS) is 14.2. The lowest BCUT2D eigenvalue weighted by Gasteiger charge is -2.09. The number of amides is 1. The summed E-state index contributed by atoms with van der Waals surface area (Å²) < 4.78 is 0. The van der Waals surface area contributed by atoms with Crippen LogP contribution in [0.15, 0.2) is 42.5 Å². The monoisotopic (exact) mass is 308 g/mol. The molecule has 1 saturated carbocycles. The number of carbonyl (C=O) groups is 1. The van der Waals surface area contributed by atoms with Gasteiger partial charge in [0.05, 0.1) is 21.7 Å². The molecule has 0 saturated heterocycles. The minimum atomic E-state index is 0.00984. The van der Waals surface area contributed by atoms with Crippen molar-refractivity contribution in [2.45, 2.75) is 25.8 Å². The highest BCUT2D eigenvalue weighted by molar-refractivity contribution is 7.15. The van der Waals surface area contributed by atoms with Gasteiger partial charge < -0.3 is 5.32 Å². The molecule has 0 spiro atoms. The number of aryl methyl sites for hydroxylation is 1. The summed E-state index contributed by atoms with van der Waals surface area (Å²) in [5.74, 6) is 0.00984. The minimum absolute atomic E-state index is 0.00984. The molecule has 2 heterocycles. The van der Waals surface area contributed by atoms with Crippen LogP contribution in [0.2, 0.25) is 0 Å². The Labute approximate surface area is 133 Å². The van der Waals surface area contributed by atoms with Crippen molar-refractivity contribution in [1.29, 1.82) is 0 Å². The molecule has 1 fully saturated rings. The van der Waals surface area contributed by atoms with Gasteiger partial charge in [0.15, 0.2) is 0 Å². The van der Waals surface area contributed by atoms with Crippen molar-refractivity contribution in [2.75, 3.05) is 0 Å². The first kappa shape index (κ1) is 13.5. The van der Waals surface area contributed by atoms with E-state index in [1.807, 2.05) is 30.3 Å². The van der Waals surface area contributed by atoms with Gasteiger partial charge in [-0.25, -0.2) is 4.98 Å². The summed E-state index contributed by atoms with van der Waals surface area (Å²) in [5.41, 5.74) is 2.46. The largest absolute Gasteiger partial charge is 0.349 e. The summed E-state index contributed by atoms with van der Waals surface area (Å²) >= 11 is 1.70. The highest BCUT2D eigenvalue weighted by Gasteiger charge is 2.25. The van der Waals surface area contributed by atoms with Crippen LogP contribution in [0, 0.1) is 6.92 Å². The van der Waals surface area contributed by atoms with Crippen LogP contribution in [-0.4, -0.2) is 16.9 Å². The van der Waals surface area contributed by atoms with E-state index in [0.717, 1.165) is 39.9 Å². The van der Waals surface area contributed by atoms with Gasteiger partial charge in [-0.05, 0) is 44.0 Å². The Kier molecular flexibility index (Phi) is 3.19. The summed E-state index contributed by atoms with van der Waals surface area (Å²) in [6.45, 7) is 2.08. The molecule has 1 aromatic carbocycles. The molecule has 110 valence electrons. The van der Waals surface area contributed by atoms with Crippen molar-refractivity contribution >= 4 is 28.1 Å². The number of nitrogens with zero attached hydrogens (tertiary/aromatic N) is 1. The molecule has 3 aromatic rings. The Hall–Kier alpha value is -2.20. The van der Waals surface area contributed by atoms with Gasteiger partial charge in [0, 0.05) is 16.3 Å². The maximum Gasteiger partial charge on any atom is 0.252 e. The van der Waals surface area contributed by atoms with Crippen molar-refractivity contribution < 1.29 is 4.79 Å². The molecular formula is C18H16N2OS. The Bertz CT molecular complexity index is 864. The van der Waals surface area contributed by atoms with Gasteiger partial charge in [-0.1, -0.05) is 18.2 Å². The zero-order chi connectivity index (χ0) is 15.1. The molecule has 0 unspecified atom stereocenters. The second kappa shape index (κ2) is 5.21. The summed E-state index contributed by atoms with van der Waals surface area (Å²) in [6.07, 6.45) is 2.18. The van der Waals surface area contributed by atoms with Crippen LogP contribution in [0.25, 0.3) is 21.5 Å². The highest BCUT2D eigenvalue weighted by atomic mass is 32.1. The number of fused-ring (bicyclic) bond motifs is 1. The second-order valence-corrected chi connectivity index (χ2v) is 7.02. The van der Waals surface area contributed by atoms with Crippen LogP contribution in [0.1, 0.15) is 28.1 Å². The van der Waals surface area contributed by atoms with Crippen LogP contribution in [-0.2, 0) is 0 Å². The smallest absolute Gasteiger partial charge is 0.252 e. The lowest BCUT2D eigenvalue weighted by molar-refractivity contribution is 0.0952. The van der Waals surface area contributed by atoms with Crippen molar-refractivity contribution in [3.8, 4) is 10.6 Å². The number of para-hydroxylation sites is 1.